The highest BCUT2D eigenvalue weighted by molar-refractivity contribution is 6.33. The lowest BCUT2D eigenvalue weighted by Gasteiger charge is -2.16. The molecule has 1 unspecified atom stereocenters. The summed E-state index contributed by atoms with van der Waals surface area (Å²) in [6, 6.07) is 5.65. The largest absolute Gasteiger partial charge is 0.385 e. The van der Waals surface area contributed by atoms with Gasteiger partial charge in [0.1, 0.15) is 0 Å². The van der Waals surface area contributed by atoms with Crippen LogP contribution < -0.4 is 11.3 Å². The number of rotatable bonds is 7. The average molecular weight is 277 g/mol. The van der Waals surface area contributed by atoms with E-state index in [1.54, 1.807) is 13.2 Å². The van der Waals surface area contributed by atoms with E-state index in [4.69, 9.17) is 33.8 Å². The molecule has 5 heteroatoms. The summed E-state index contributed by atoms with van der Waals surface area (Å²) in [4.78, 5) is 0. The van der Waals surface area contributed by atoms with Crippen molar-refractivity contribution in [3.63, 3.8) is 0 Å². The highest BCUT2D eigenvalue weighted by Gasteiger charge is 2.10. The van der Waals surface area contributed by atoms with Crippen LogP contribution in [0.25, 0.3) is 0 Å². The van der Waals surface area contributed by atoms with Gasteiger partial charge in [-0.05, 0) is 43.0 Å². The van der Waals surface area contributed by atoms with Gasteiger partial charge in [-0.15, -0.1) is 0 Å². The maximum atomic E-state index is 6.11. The van der Waals surface area contributed by atoms with Gasteiger partial charge in [-0.3, -0.25) is 11.3 Å². The van der Waals surface area contributed by atoms with Crippen molar-refractivity contribution < 1.29 is 4.74 Å². The molecule has 0 saturated carbocycles. The molecule has 0 amide bonds. The molecule has 0 radical (unpaired) electrons. The summed E-state index contributed by atoms with van der Waals surface area (Å²) in [6.07, 6.45) is 2.66. The minimum absolute atomic E-state index is 0.182. The molecule has 0 saturated heterocycles. The lowest BCUT2D eigenvalue weighted by Crippen LogP contribution is -2.37. The molecule has 0 fully saturated rings. The first kappa shape index (κ1) is 14.7. The fourth-order valence-electron chi connectivity index (χ4n) is 1.68. The zero-order valence-electron chi connectivity index (χ0n) is 9.88. The molecular weight excluding hydrogens is 259 g/mol. The third-order valence-electron chi connectivity index (χ3n) is 2.61. The van der Waals surface area contributed by atoms with E-state index in [-0.39, 0.29) is 6.04 Å². The second-order valence-electron chi connectivity index (χ2n) is 3.94. The Balaban J connectivity index is 2.57. The molecule has 96 valence electrons. The minimum atomic E-state index is 0.182. The maximum absolute atomic E-state index is 6.11. The predicted molar refractivity (Wildman–Crippen MR) is 72.4 cm³/mol. The molecule has 0 heterocycles. The highest BCUT2D eigenvalue weighted by atomic mass is 35.5. The molecule has 1 aromatic rings. The van der Waals surface area contributed by atoms with Gasteiger partial charge in [0, 0.05) is 29.8 Å². The van der Waals surface area contributed by atoms with Crippen LogP contribution in [-0.2, 0) is 11.2 Å². The van der Waals surface area contributed by atoms with Crippen LogP contribution in [0, 0.1) is 0 Å². The first-order chi connectivity index (χ1) is 8.17. The zero-order valence-corrected chi connectivity index (χ0v) is 11.4. The number of hydrogen-bond acceptors (Lipinski definition) is 3. The molecule has 3 nitrogen and oxygen atoms in total. The molecule has 1 atom stereocenters. The Morgan fingerprint density at radius 1 is 1.41 bits per heavy atom. The van der Waals surface area contributed by atoms with Crippen LogP contribution >= 0.6 is 23.2 Å². The van der Waals surface area contributed by atoms with Crippen molar-refractivity contribution in [2.45, 2.75) is 25.3 Å². The van der Waals surface area contributed by atoms with E-state index in [9.17, 15) is 0 Å². The molecule has 0 aromatic heterocycles. The Kier molecular flexibility index (Phi) is 6.85. The normalized spacial score (nSPS) is 12.7. The zero-order chi connectivity index (χ0) is 12.7. The van der Waals surface area contributed by atoms with Gasteiger partial charge in [-0.2, -0.15) is 0 Å². The number of ether oxygens (including phenoxy) is 1. The van der Waals surface area contributed by atoms with Crippen molar-refractivity contribution in [1.29, 1.82) is 0 Å². The summed E-state index contributed by atoms with van der Waals surface area (Å²) in [5.74, 6) is 5.52. The number of halogens is 2. The second kappa shape index (κ2) is 7.90. The number of methoxy groups -OCH3 is 1. The lowest BCUT2D eigenvalue weighted by atomic mass is 10.0. The van der Waals surface area contributed by atoms with Crippen molar-refractivity contribution in [2.75, 3.05) is 13.7 Å². The first-order valence-corrected chi connectivity index (χ1v) is 6.32. The third kappa shape index (κ3) is 5.23. The van der Waals surface area contributed by atoms with Gasteiger partial charge in [-0.1, -0.05) is 23.2 Å². The summed E-state index contributed by atoms with van der Waals surface area (Å²) in [5, 5.41) is 1.42. The summed E-state index contributed by atoms with van der Waals surface area (Å²) in [7, 11) is 1.69. The average Bonchev–Trinajstić information content (AvgIpc) is 2.32. The van der Waals surface area contributed by atoms with Crippen molar-refractivity contribution in [2.24, 2.45) is 5.84 Å². The fraction of sp³-hybridized carbons (Fsp3) is 0.500. The third-order valence-corrected chi connectivity index (χ3v) is 3.21. The Hall–Kier alpha value is -0.320. The Labute approximate surface area is 112 Å². The Morgan fingerprint density at radius 2 is 2.18 bits per heavy atom. The van der Waals surface area contributed by atoms with Crippen molar-refractivity contribution in [3.8, 4) is 0 Å². The number of nitrogens with two attached hydrogens (primary N) is 1. The summed E-state index contributed by atoms with van der Waals surface area (Å²) in [6.45, 7) is 0.738. The van der Waals surface area contributed by atoms with Crippen molar-refractivity contribution >= 4 is 23.2 Å². The molecule has 0 spiro atoms. The minimum Gasteiger partial charge on any atom is -0.385 e. The van der Waals surface area contributed by atoms with Crippen LogP contribution in [0.2, 0.25) is 10.0 Å². The van der Waals surface area contributed by atoms with Gasteiger partial charge in [0.2, 0.25) is 0 Å². The standard InChI is InChI=1S/C12H18Cl2N2O/c1-17-6-2-3-11(16-15)8-9-7-10(13)4-5-12(9)14/h4-5,7,11,16H,2-3,6,8,15H2,1H3. The van der Waals surface area contributed by atoms with Crippen molar-refractivity contribution in [1.82, 2.24) is 5.43 Å². The van der Waals surface area contributed by atoms with E-state index in [0.717, 1.165) is 36.5 Å². The topological polar surface area (TPSA) is 47.3 Å². The van der Waals surface area contributed by atoms with E-state index in [0.29, 0.717) is 5.02 Å². The van der Waals surface area contributed by atoms with E-state index < -0.39 is 0 Å². The monoisotopic (exact) mass is 276 g/mol. The van der Waals surface area contributed by atoms with E-state index >= 15 is 0 Å². The molecule has 3 N–H and O–H groups in total. The van der Waals surface area contributed by atoms with Crippen LogP contribution in [0.1, 0.15) is 18.4 Å². The molecule has 0 bridgehead atoms. The van der Waals surface area contributed by atoms with E-state index in [2.05, 4.69) is 5.43 Å². The summed E-state index contributed by atoms with van der Waals surface area (Å²) < 4.78 is 5.01. The molecule has 1 aromatic carbocycles. The quantitative estimate of drug-likeness (QED) is 0.457. The van der Waals surface area contributed by atoms with Crippen LogP contribution in [0.5, 0.6) is 0 Å². The highest BCUT2D eigenvalue weighted by Crippen LogP contribution is 2.22. The SMILES string of the molecule is COCCCC(Cc1cc(Cl)ccc1Cl)NN. The van der Waals surface area contributed by atoms with Gasteiger partial charge < -0.3 is 4.74 Å². The molecule has 0 aliphatic heterocycles. The van der Waals surface area contributed by atoms with Gasteiger partial charge in [0.05, 0.1) is 0 Å². The Morgan fingerprint density at radius 3 is 2.82 bits per heavy atom. The lowest BCUT2D eigenvalue weighted by molar-refractivity contribution is 0.188. The molecule has 1 rings (SSSR count). The number of hydrazine groups is 1. The van der Waals surface area contributed by atoms with Crippen molar-refractivity contribution in [3.05, 3.63) is 33.8 Å². The fourth-order valence-corrected chi connectivity index (χ4v) is 2.07. The summed E-state index contributed by atoms with van der Waals surface area (Å²) in [5.41, 5.74) is 3.81. The first-order valence-electron chi connectivity index (χ1n) is 5.56. The van der Waals surface area contributed by atoms with Crippen LogP contribution in [0.4, 0.5) is 0 Å². The van der Waals surface area contributed by atoms with Gasteiger partial charge in [0.15, 0.2) is 0 Å². The smallest absolute Gasteiger partial charge is 0.0462 e. The van der Waals surface area contributed by atoms with Gasteiger partial charge in [-0.25, -0.2) is 0 Å². The Bertz CT molecular complexity index is 347. The predicted octanol–water partition coefficient (Wildman–Crippen LogP) is 2.79. The van der Waals surface area contributed by atoms with Gasteiger partial charge >= 0.3 is 0 Å². The molecule has 17 heavy (non-hydrogen) atoms. The van der Waals surface area contributed by atoms with Crippen LogP contribution in [0.3, 0.4) is 0 Å². The second-order valence-corrected chi connectivity index (χ2v) is 4.78. The van der Waals surface area contributed by atoms with Gasteiger partial charge in [0.25, 0.3) is 0 Å². The van der Waals surface area contributed by atoms with E-state index in [1.807, 2.05) is 12.1 Å². The number of benzene rings is 1. The van der Waals surface area contributed by atoms with Crippen LogP contribution in [-0.4, -0.2) is 19.8 Å². The van der Waals surface area contributed by atoms with Crippen LogP contribution in [0.15, 0.2) is 18.2 Å². The molecule has 0 aliphatic carbocycles. The number of hydrogen-bond donors (Lipinski definition) is 2. The number of nitrogens with one attached hydrogen (secondary N) is 1. The molecular formula is C12H18Cl2N2O. The van der Waals surface area contributed by atoms with E-state index in [1.165, 1.54) is 0 Å². The molecule has 0 aliphatic rings. The maximum Gasteiger partial charge on any atom is 0.0462 e. The summed E-state index contributed by atoms with van der Waals surface area (Å²) >= 11 is 12.0.